The highest BCUT2D eigenvalue weighted by Gasteiger charge is 2.17. The zero-order chi connectivity index (χ0) is 19.3. The number of esters is 1. The fourth-order valence-corrected chi connectivity index (χ4v) is 3.06. The maximum absolute atomic E-state index is 11.9. The van der Waals surface area contributed by atoms with Crippen LogP contribution in [-0.2, 0) is 19.6 Å². The van der Waals surface area contributed by atoms with Gasteiger partial charge in [0.1, 0.15) is 5.56 Å². The van der Waals surface area contributed by atoms with Crippen LogP contribution in [-0.4, -0.2) is 38.9 Å². The van der Waals surface area contributed by atoms with Crippen molar-refractivity contribution in [3.8, 4) is 0 Å². The largest absolute Gasteiger partial charge is 0.452 e. The minimum Gasteiger partial charge on any atom is -0.452 e. The van der Waals surface area contributed by atoms with E-state index in [0.29, 0.717) is 5.56 Å². The third-order valence-electron chi connectivity index (χ3n) is 3.40. The SMILES string of the molecule is CNS(=O)(=O)c1cc(NC(=O)COC(=O)c2ccc[nH]c2=O)ccc1C. The molecule has 138 valence electrons. The van der Waals surface area contributed by atoms with Crippen molar-refractivity contribution in [3.05, 3.63) is 58.0 Å². The number of carbonyl (C=O) groups is 2. The van der Waals surface area contributed by atoms with Gasteiger partial charge in [0.25, 0.3) is 11.5 Å². The van der Waals surface area contributed by atoms with Crippen LogP contribution in [0.1, 0.15) is 15.9 Å². The van der Waals surface area contributed by atoms with Crippen molar-refractivity contribution in [1.82, 2.24) is 9.71 Å². The zero-order valence-corrected chi connectivity index (χ0v) is 14.8. The molecular formula is C16H17N3O6S. The van der Waals surface area contributed by atoms with E-state index < -0.39 is 34.1 Å². The fourth-order valence-electron chi connectivity index (χ4n) is 2.07. The lowest BCUT2D eigenvalue weighted by molar-refractivity contribution is -0.119. The number of rotatable bonds is 6. The summed E-state index contributed by atoms with van der Waals surface area (Å²) in [5.74, 6) is -1.62. The van der Waals surface area contributed by atoms with E-state index in [-0.39, 0.29) is 16.1 Å². The predicted molar refractivity (Wildman–Crippen MR) is 93.4 cm³/mol. The molecule has 26 heavy (non-hydrogen) atoms. The monoisotopic (exact) mass is 379 g/mol. The number of benzene rings is 1. The van der Waals surface area contributed by atoms with Crippen molar-refractivity contribution in [2.24, 2.45) is 0 Å². The van der Waals surface area contributed by atoms with Crippen LogP contribution < -0.4 is 15.6 Å². The molecule has 0 fully saturated rings. The number of aryl methyl sites for hydroxylation is 1. The highest BCUT2D eigenvalue weighted by Crippen LogP contribution is 2.19. The third kappa shape index (κ3) is 4.55. The number of ether oxygens (including phenoxy) is 1. The average Bonchev–Trinajstić information content (AvgIpc) is 2.61. The summed E-state index contributed by atoms with van der Waals surface area (Å²) in [4.78, 5) is 37.5. The van der Waals surface area contributed by atoms with Gasteiger partial charge in [0.15, 0.2) is 6.61 Å². The molecule has 10 heteroatoms. The Labute approximate surface area is 149 Å². The lowest BCUT2D eigenvalue weighted by Gasteiger charge is -2.10. The smallest absolute Gasteiger partial charge is 0.344 e. The first-order valence-electron chi connectivity index (χ1n) is 7.43. The molecule has 0 bridgehead atoms. The Balaban J connectivity index is 2.05. The van der Waals surface area contributed by atoms with Gasteiger partial charge in [0, 0.05) is 11.9 Å². The van der Waals surface area contributed by atoms with Gasteiger partial charge in [0.2, 0.25) is 10.0 Å². The van der Waals surface area contributed by atoms with Crippen LogP contribution >= 0.6 is 0 Å². The van der Waals surface area contributed by atoms with E-state index in [0.717, 1.165) is 0 Å². The molecule has 0 saturated carbocycles. The minimum absolute atomic E-state index is 0.0191. The summed E-state index contributed by atoms with van der Waals surface area (Å²) in [6.45, 7) is 0.990. The molecule has 0 aliphatic rings. The van der Waals surface area contributed by atoms with Gasteiger partial charge in [-0.3, -0.25) is 9.59 Å². The summed E-state index contributed by atoms with van der Waals surface area (Å²) in [5.41, 5.74) is -0.119. The average molecular weight is 379 g/mol. The molecule has 1 aromatic carbocycles. The summed E-state index contributed by atoms with van der Waals surface area (Å²) >= 11 is 0. The number of H-pyrrole nitrogens is 1. The Kier molecular flexibility index (Phi) is 5.90. The van der Waals surface area contributed by atoms with Crippen molar-refractivity contribution < 1.29 is 22.7 Å². The molecule has 2 rings (SSSR count). The first kappa shape index (κ1) is 19.3. The fraction of sp³-hybridized carbons (Fsp3) is 0.188. The van der Waals surface area contributed by atoms with E-state index in [9.17, 15) is 22.8 Å². The van der Waals surface area contributed by atoms with Gasteiger partial charge in [-0.15, -0.1) is 0 Å². The van der Waals surface area contributed by atoms with Gasteiger partial charge >= 0.3 is 5.97 Å². The number of nitrogens with one attached hydrogen (secondary N) is 3. The number of aromatic amines is 1. The standard InChI is InChI=1S/C16H17N3O6S/c1-10-5-6-11(8-13(10)26(23,24)17-2)19-14(20)9-25-16(22)12-4-3-7-18-15(12)21/h3-8,17H,9H2,1-2H3,(H,18,21)(H,19,20). The van der Waals surface area contributed by atoms with Crippen molar-refractivity contribution in [3.63, 3.8) is 0 Å². The molecular weight excluding hydrogens is 362 g/mol. The number of hydrogen-bond donors (Lipinski definition) is 3. The molecule has 3 N–H and O–H groups in total. The first-order chi connectivity index (χ1) is 12.2. The number of aromatic nitrogens is 1. The van der Waals surface area contributed by atoms with E-state index in [2.05, 4.69) is 15.0 Å². The summed E-state index contributed by atoms with van der Waals surface area (Å²) in [6.07, 6.45) is 1.36. The molecule has 0 saturated heterocycles. The lowest BCUT2D eigenvalue weighted by Crippen LogP contribution is -2.25. The van der Waals surface area contributed by atoms with Crippen LogP contribution in [0.3, 0.4) is 0 Å². The zero-order valence-electron chi connectivity index (χ0n) is 14.0. The third-order valence-corrected chi connectivity index (χ3v) is 4.96. The van der Waals surface area contributed by atoms with Gasteiger partial charge in [-0.1, -0.05) is 6.07 Å². The topological polar surface area (TPSA) is 134 Å². The van der Waals surface area contributed by atoms with Crippen LogP contribution in [0.5, 0.6) is 0 Å². The van der Waals surface area contributed by atoms with Crippen molar-refractivity contribution in [2.45, 2.75) is 11.8 Å². The molecule has 1 aromatic heterocycles. The Morgan fingerprint density at radius 2 is 1.96 bits per heavy atom. The van der Waals surface area contributed by atoms with Gasteiger partial charge in [-0.2, -0.15) is 0 Å². The Hall–Kier alpha value is -2.98. The number of pyridine rings is 1. The maximum Gasteiger partial charge on any atom is 0.344 e. The van der Waals surface area contributed by atoms with E-state index >= 15 is 0 Å². The quantitative estimate of drug-likeness (QED) is 0.622. The number of sulfonamides is 1. The highest BCUT2D eigenvalue weighted by atomic mass is 32.2. The van der Waals surface area contributed by atoms with Crippen molar-refractivity contribution in [2.75, 3.05) is 19.0 Å². The van der Waals surface area contributed by atoms with E-state index in [1.807, 2.05) is 0 Å². The highest BCUT2D eigenvalue weighted by molar-refractivity contribution is 7.89. The normalized spacial score (nSPS) is 11.0. The van der Waals surface area contributed by atoms with Crippen LogP contribution in [0.4, 0.5) is 5.69 Å². The first-order valence-corrected chi connectivity index (χ1v) is 8.92. The van der Waals surface area contributed by atoms with Crippen molar-refractivity contribution in [1.29, 1.82) is 0 Å². The second-order valence-electron chi connectivity index (χ2n) is 5.23. The molecule has 0 spiro atoms. The summed E-state index contributed by atoms with van der Waals surface area (Å²) in [6, 6.07) is 7.08. The number of anilines is 1. The molecule has 0 aliphatic carbocycles. The summed E-state index contributed by atoms with van der Waals surface area (Å²) < 4.78 is 30.9. The number of amides is 1. The molecule has 0 unspecified atom stereocenters. The lowest BCUT2D eigenvalue weighted by atomic mass is 10.2. The van der Waals surface area contributed by atoms with Gasteiger partial charge in [-0.25, -0.2) is 17.9 Å². The van der Waals surface area contributed by atoms with Gasteiger partial charge < -0.3 is 15.0 Å². The second-order valence-corrected chi connectivity index (χ2v) is 7.08. The predicted octanol–water partition coefficient (Wildman–Crippen LogP) is 0.387. The Bertz CT molecular complexity index is 997. The molecule has 0 atom stereocenters. The number of hydrogen-bond acceptors (Lipinski definition) is 6. The maximum atomic E-state index is 11.9. The second kappa shape index (κ2) is 7.93. The minimum atomic E-state index is -3.68. The summed E-state index contributed by atoms with van der Waals surface area (Å²) in [5, 5.41) is 2.43. The van der Waals surface area contributed by atoms with E-state index in [1.165, 1.54) is 43.6 Å². The van der Waals surface area contributed by atoms with Crippen LogP contribution in [0.15, 0.2) is 46.2 Å². The van der Waals surface area contributed by atoms with Crippen LogP contribution in [0.25, 0.3) is 0 Å². The van der Waals surface area contributed by atoms with Gasteiger partial charge in [0.05, 0.1) is 4.90 Å². The molecule has 0 aliphatic heterocycles. The Morgan fingerprint density at radius 3 is 2.62 bits per heavy atom. The molecule has 1 amide bonds. The molecule has 1 heterocycles. The van der Waals surface area contributed by atoms with Crippen LogP contribution in [0, 0.1) is 6.92 Å². The van der Waals surface area contributed by atoms with E-state index in [1.54, 1.807) is 6.92 Å². The molecule has 0 radical (unpaired) electrons. The molecule has 2 aromatic rings. The Morgan fingerprint density at radius 1 is 1.23 bits per heavy atom. The van der Waals surface area contributed by atoms with Crippen LogP contribution in [0.2, 0.25) is 0 Å². The number of carbonyl (C=O) groups excluding carboxylic acids is 2. The van der Waals surface area contributed by atoms with E-state index in [4.69, 9.17) is 4.74 Å². The van der Waals surface area contributed by atoms with Crippen molar-refractivity contribution >= 4 is 27.6 Å². The molecule has 9 nitrogen and oxygen atoms in total. The van der Waals surface area contributed by atoms with Gasteiger partial charge in [-0.05, 0) is 43.8 Å². The summed E-state index contributed by atoms with van der Waals surface area (Å²) in [7, 11) is -2.40.